The lowest BCUT2D eigenvalue weighted by atomic mass is 10.2. The van der Waals surface area contributed by atoms with Crippen molar-refractivity contribution < 1.29 is 4.74 Å². The molecule has 0 unspecified atom stereocenters. The molecule has 2 rings (SSSR count). The highest BCUT2D eigenvalue weighted by atomic mass is 16.5. The van der Waals surface area contributed by atoms with E-state index in [-0.39, 0.29) is 0 Å². The molecule has 2 aromatic rings. The van der Waals surface area contributed by atoms with Crippen molar-refractivity contribution in [2.75, 3.05) is 11.9 Å². The molecule has 0 fully saturated rings. The molecule has 1 heterocycles. The average Bonchev–Trinajstić information content (AvgIpc) is 2.46. The van der Waals surface area contributed by atoms with Crippen LogP contribution in [0.4, 0.5) is 11.5 Å². The van der Waals surface area contributed by atoms with E-state index in [9.17, 15) is 0 Å². The molecule has 0 atom stereocenters. The van der Waals surface area contributed by atoms with Crippen LogP contribution in [-0.2, 0) is 17.8 Å². The summed E-state index contributed by atoms with van der Waals surface area (Å²) in [6.45, 7) is 7.39. The van der Waals surface area contributed by atoms with E-state index in [0.717, 1.165) is 36.1 Å². The molecule has 0 aliphatic heterocycles. The molecule has 4 nitrogen and oxygen atoms in total. The lowest BCUT2D eigenvalue weighted by Gasteiger charge is -2.09. The number of aryl methyl sites for hydroxylation is 2. The largest absolute Gasteiger partial charge is 0.377 e. The van der Waals surface area contributed by atoms with Crippen molar-refractivity contribution in [3.63, 3.8) is 0 Å². The van der Waals surface area contributed by atoms with E-state index >= 15 is 0 Å². The van der Waals surface area contributed by atoms with Crippen molar-refractivity contribution in [3.8, 4) is 0 Å². The number of nitrogens with zero attached hydrogens (tertiary/aromatic N) is 2. The number of hydrogen-bond acceptors (Lipinski definition) is 4. The quantitative estimate of drug-likeness (QED) is 0.871. The lowest BCUT2D eigenvalue weighted by Crippen LogP contribution is -2.00. The predicted octanol–water partition coefficient (Wildman–Crippen LogP) is 3.63. The first-order chi connectivity index (χ1) is 9.71. The fourth-order valence-corrected chi connectivity index (χ4v) is 1.93. The first kappa shape index (κ1) is 14.5. The molecule has 1 aromatic heterocycles. The minimum absolute atomic E-state index is 0.656. The summed E-state index contributed by atoms with van der Waals surface area (Å²) in [4.78, 5) is 8.78. The summed E-state index contributed by atoms with van der Waals surface area (Å²) in [5.74, 6) is 1.63. The van der Waals surface area contributed by atoms with Gasteiger partial charge in [-0.3, -0.25) is 0 Å². The predicted molar refractivity (Wildman–Crippen MR) is 81.2 cm³/mol. The van der Waals surface area contributed by atoms with E-state index in [4.69, 9.17) is 4.74 Å². The van der Waals surface area contributed by atoms with Crippen LogP contribution in [0, 0.1) is 6.92 Å². The Hall–Kier alpha value is -1.94. The number of nitrogens with one attached hydrogen (secondary N) is 1. The number of rotatable bonds is 6. The van der Waals surface area contributed by atoms with E-state index in [2.05, 4.69) is 34.3 Å². The zero-order valence-corrected chi connectivity index (χ0v) is 12.3. The van der Waals surface area contributed by atoms with Gasteiger partial charge in [0.15, 0.2) is 0 Å². The Morgan fingerprint density at radius 1 is 1.10 bits per heavy atom. The Morgan fingerprint density at radius 2 is 1.85 bits per heavy atom. The molecular weight excluding hydrogens is 250 g/mol. The number of ether oxygens (including phenoxy) is 1. The molecule has 0 spiro atoms. The number of hydrogen-bond donors (Lipinski definition) is 1. The molecule has 1 aromatic carbocycles. The van der Waals surface area contributed by atoms with E-state index in [1.54, 1.807) is 0 Å². The Labute approximate surface area is 120 Å². The van der Waals surface area contributed by atoms with Gasteiger partial charge in [0.25, 0.3) is 0 Å². The number of aromatic nitrogens is 2. The van der Waals surface area contributed by atoms with Gasteiger partial charge in [-0.1, -0.05) is 19.1 Å². The molecule has 0 saturated heterocycles. The summed E-state index contributed by atoms with van der Waals surface area (Å²) >= 11 is 0. The van der Waals surface area contributed by atoms with Gasteiger partial charge in [0.1, 0.15) is 11.6 Å². The second-order valence-electron chi connectivity index (χ2n) is 4.60. The third-order valence-electron chi connectivity index (χ3n) is 2.95. The Bertz CT molecular complexity index is 552. The Morgan fingerprint density at radius 3 is 2.50 bits per heavy atom. The molecule has 106 valence electrons. The summed E-state index contributed by atoms with van der Waals surface area (Å²) in [5, 5.41) is 3.31. The van der Waals surface area contributed by atoms with Crippen LogP contribution in [0.1, 0.15) is 30.9 Å². The zero-order chi connectivity index (χ0) is 14.4. The van der Waals surface area contributed by atoms with Crippen LogP contribution >= 0.6 is 0 Å². The second kappa shape index (κ2) is 7.01. The van der Waals surface area contributed by atoms with Crippen molar-refractivity contribution in [1.82, 2.24) is 9.97 Å². The highest BCUT2D eigenvalue weighted by Gasteiger charge is 2.01. The molecule has 0 amide bonds. The number of benzene rings is 1. The first-order valence-corrected chi connectivity index (χ1v) is 6.99. The summed E-state index contributed by atoms with van der Waals surface area (Å²) in [5.41, 5.74) is 3.24. The molecule has 0 bridgehead atoms. The topological polar surface area (TPSA) is 47.0 Å². The van der Waals surface area contributed by atoms with Crippen molar-refractivity contribution in [3.05, 3.63) is 47.4 Å². The van der Waals surface area contributed by atoms with Crippen LogP contribution in [0.5, 0.6) is 0 Å². The maximum Gasteiger partial charge on any atom is 0.134 e. The van der Waals surface area contributed by atoms with E-state index in [0.29, 0.717) is 6.61 Å². The minimum atomic E-state index is 0.656. The molecule has 4 heteroatoms. The van der Waals surface area contributed by atoms with Crippen molar-refractivity contribution in [1.29, 1.82) is 0 Å². The summed E-state index contributed by atoms with van der Waals surface area (Å²) in [7, 11) is 0. The van der Waals surface area contributed by atoms with Crippen molar-refractivity contribution in [2.24, 2.45) is 0 Å². The van der Waals surface area contributed by atoms with Gasteiger partial charge in [0.2, 0.25) is 0 Å². The van der Waals surface area contributed by atoms with Crippen LogP contribution in [0.3, 0.4) is 0 Å². The summed E-state index contributed by atoms with van der Waals surface area (Å²) in [6.07, 6.45) is 0.908. The van der Waals surface area contributed by atoms with Gasteiger partial charge < -0.3 is 10.1 Å². The van der Waals surface area contributed by atoms with Crippen molar-refractivity contribution in [2.45, 2.75) is 33.8 Å². The maximum atomic E-state index is 5.38. The minimum Gasteiger partial charge on any atom is -0.377 e. The zero-order valence-electron chi connectivity index (χ0n) is 12.3. The van der Waals surface area contributed by atoms with E-state index in [1.807, 2.05) is 32.0 Å². The second-order valence-corrected chi connectivity index (χ2v) is 4.60. The van der Waals surface area contributed by atoms with E-state index < -0.39 is 0 Å². The van der Waals surface area contributed by atoms with Gasteiger partial charge in [-0.05, 0) is 38.0 Å². The van der Waals surface area contributed by atoms with Crippen molar-refractivity contribution >= 4 is 11.5 Å². The highest BCUT2D eigenvalue weighted by Crippen LogP contribution is 2.17. The maximum absolute atomic E-state index is 5.38. The summed E-state index contributed by atoms with van der Waals surface area (Å²) in [6, 6.07) is 10.2. The van der Waals surface area contributed by atoms with Gasteiger partial charge in [0, 0.05) is 24.1 Å². The number of anilines is 2. The van der Waals surface area contributed by atoms with Crippen LogP contribution in [0.25, 0.3) is 0 Å². The molecule has 0 radical (unpaired) electrons. The van der Waals surface area contributed by atoms with Gasteiger partial charge in [0.05, 0.1) is 6.61 Å². The Balaban J connectivity index is 2.07. The van der Waals surface area contributed by atoms with Gasteiger partial charge in [-0.2, -0.15) is 0 Å². The third kappa shape index (κ3) is 4.03. The summed E-state index contributed by atoms with van der Waals surface area (Å²) < 4.78 is 5.38. The lowest BCUT2D eigenvalue weighted by molar-refractivity contribution is 0.134. The fraction of sp³-hybridized carbons (Fsp3) is 0.375. The van der Waals surface area contributed by atoms with Crippen LogP contribution in [-0.4, -0.2) is 16.6 Å². The molecular formula is C16H21N3O. The molecule has 0 saturated carbocycles. The van der Waals surface area contributed by atoms with Gasteiger partial charge >= 0.3 is 0 Å². The normalized spacial score (nSPS) is 10.6. The monoisotopic (exact) mass is 271 g/mol. The molecule has 0 aliphatic carbocycles. The van der Waals surface area contributed by atoms with Gasteiger partial charge in [-0.15, -0.1) is 0 Å². The average molecular weight is 271 g/mol. The smallest absolute Gasteiger partial charge is 0.134 e. The Kier molecular flexibility index (Phi) is 5.07. The van der Waals surface area contributed by atoms with Crippen LogP contribution in [0.15, 0.2) is 30.3 Å². The SMILES string of the molecule is CCOCc1ccc(Nc2cc(CC)nc(C)n2)cc1. The standard InChI is InChI=1S/C16H21N3O/c1-4-14-10-16(18-12(3)17-14)19-15-8-6-13(7-9-15)11-20-5-2/h6-10H,4-5,11H2,1-3H3,(H,17,18,19). The fourth-order valence-electron chi connectivity index (χ4n) is 1.93. The first-order valence-electron chi connectivity index (χ1n) is 6.99. The third-order valence-corrected chi connectivity index (χ3v) is 2.95. The molecule has 20 heavy (non-hydrogen) atoms. The van der Waals surface area contributed by atoms with E-state index in [1.165, 1.54) is 5.56 Å². The molecule has 1 N–H and O–H groups in total. The molecule has 0 aliphatic rings. The van der Waals surface area contributed by atoms with Crippen LogP contribution in [0.2, 0.25) is 0 Å². The van der Waals surface area contributed by atoms with Gasteiger partial charge in [-0.25, -0.2) is 9.97 Å². The highest BCUT2D eigenvalue weighted by molar-refractivity contribution is 5.56. The van der Waals surface area contributed by atoms with Crippen LogP contribution < -0.4 is 5.32 Å².